The average Bonchev–Trinajstić information content (AvgIpc) is 2.56. The molecule has 1 aliphatic rings. The second kappa shape index (κ2) is 8.32. The van der Waals surface area contributed by atoms with Crippen LogP contribution < -0.4 is 0 Å². The zero-order chi connectivity index (χ0) is 20.4. The number of benzene rings is 1. The second-order valence-electron chi connectivity index (χ2n) is 7.68. The molecule has 0 atom stereocenters. The molecule has 0 radical (unpaired) electrons. The number of carbonyl (C=O) groups is 1. The molecule has 0 bridgehead atoms. The Bertz CT molecular complexity index is 767. The Morgan fingerprint density at radius 2 is 1.93 bits per heavy atom. The predicted octanol–water partition coefficient (Wildman–Crippen LogP) is 3.64. The first-order valence-electron chi connectivity index (χ1n) is 8.77. The molecular weight excluding hydrogens is 395 g/mol. The first-order valence-corrected chi connectivity index (χ1v) is 10.8. The van der Waals surface area contributed by atoms with Gasteiger partial charge in [-0.15, -0.1) is 0 Å². The van der Waals surface area contributed by atoms with Crippen LogP contribution in [0.5, 0.6) is 0 Å². The zero-order valence-electron chi connectivity index (χ0n) is 16.0. The number of rotatable bonds is 4. The van der Waals surface area contributed by atoms with Crippen LogP contribution in [0.3, 0.4) is 0 Å². The molecule has 0 aliphatic carbocycles. The van der Waals surface area contributed by atoms with Crippen LogP contribution in [0.4, 0.5) is 9.18 Å². The van der Waals surface area contributed by atoms with Gasteiger partial charge in [-0.05, 0) is 45.7 Å². The van der Waals surface area contributed by atoms with Gasteiger partial charge in [-0.2, -0.15) is 0 Å². The fraction of sp³-hybridized carbons (Fsp3) is 0.611. The fourth-order valence-electron chi connectivity index (χ4n) is 2.93. The van der Waals surface area contributed by atoms with Crippen molar-refractivity contribution < 1.29 is 22.3 Å². The van der Waals surface area contributed by atoms with E-state index in [0.29, 0.717) is 12.8 Å². The fourth-order valence-corrected chi connectivity index (χ4v) is 4.85. The highest BCUT2D eigenvalue weighted by atomic mass is 35.5. The molecule has 1 heterocycles. The summed E-state index contributed by atoms with van der Waals surface area (Å²) in [5, 5.41) is 0.0955. The number of halogens is 2. The summed E-state index contributed by atoms with van der Waals surface area (Å²) in [4.78, 5) is 13.7. The van der Waals surface area contributed by atoms with Crippen LogP contribution in [0, 0.1) is 5.82 Å². The summed E-state index contributed by atoms with van der Waals surface area (Å²) in [6, 6.07) is 3.99. The topological polar surface area (TPSA) is 66.9 Å². The first-order chi connectivity index (χ1) is 12.4. The monoisotopic (exact) mass is 420 g/mol. The van der Waals surface area contributed by atoms with E-state index in [9.17, 15) is 17.6 Å². The van der Waals surface area contributed by atoms with Crippen molar-refractivity contribution in [1.29, 1.82) is 0 Å². The van der Waals surface area contributed by atoms with Crippen molar-refractivity contribution >= 4 is 27.7 Å². The molecule has 1 amide bonds. The summed E-state index contributed by atoms with van der Waals surface area (Å²) in [6.07, 6.45) is 0.543. The first kappa shape index (κ1) is 21.9. The molecule has 9 heteroatoms. The van der Waals surface area contributed by atoms with Crippen molar-refractivity contribution in [3.8, 4) is 0 Å². The third-order valence-corrected chi connectivity index (χ3v) is 6.59. The zero-order valence-corrected chi connectivity index (χ0v) is 17.6. The van der Waals surface area contributed by atoms with Gasteiger partial charge in [0.1, 0.15) is 11.4 Å². The van der Waals surface area contributed by atoms with Crippen LogP contribution in [-0.2, 0) is 20.5 Å². The number of sulfonamides is 1. The number of hydrogen-bond donors (Lipinski definition) is 0. The molecule has 2 rings (SSSR count). The molecular formula is C18H26ClFN2O4S. The normalized spacial score (nSPS) is 17.0. The SMILES string of the molecule is CN(C(=O)OC(C)(C)C)C1CCN(S(=O)(=O)Cc2c(F)cccc2Cl)CC1. The predicted molar refractivity (Wildman–Crippen MR) is 103 cm³/mol. The molecule has 1 saturated heterocycles. The third-order valence-electron chi connectivity index (χ3n) is 4.43. The average molecular weight is 421 g/mol. The molecule has 6 nitrogen and oxygen atoms in total. The van der Waals surface area contributed by atoms with Crippen LogP contribution in [0.1, 0.15) is 39.2 Å². The molecule has 1 aromatic rings. The van der Waals surface area contributed by atoms with Gasteiger partial charge in [0, 0.05) is 36.8 Å². The summed E-state index contributed by atoms with van der Waals surface area (Å²) in [7, 11) is -2.05. The van der Waals surface area contributed by atoms with E-state index in [0.717, 1.165) is 0 Å². The molecule has 152 valence electrons. The molecule has 0 N–H and O–H groups in total. The van der Waals surface area contributed by atoms with Gasteiger partial charge in [0.2, 0.25) is 10.0 Å². The maximum atomic E-state index is 13.9. The van der Waals surface area contributed by atoms with E-state index in [4.69, 9.17) is 16.3 Å². The van der Waals surface area contributed by atoms with E-state index in [1.165, 1.54) is 27.4 Å². The lowest BCUT2D eigenvalue weighted by atomic mass is 10.1. The molecule has 1 fully saturated rings. The Kier molecular flexibility index (Phi) is 6.76. The van der Waals surface area contributed by atoms with Gasteiger partial charge in [-0.3, -0.25) is 0 Å². The van der Waals surface area contributed by atoms with Crippen LogP contribution in [0.15, 0.2) is 18.2 Å². The summed E-state index contributed by atoms with van der Waals surface area (Å²) in [5.74, 6) is -1.11. The third kappa shape index (κ3) is 5.80. The van der Waals surface area contributed by atoms with E-state index in [2.05, 4.69) is 0 Å². The van der Waals surface area contributed by atoms with Crippen molar-refractivity contribution in [3.63, 3.8) is 0 Å². The lowest BCUT2D eigenvalue weighted by molar-refractivity contribution is 0.0178. The maximum Gasteiger partial charge on any atom is 0.410 e. The Morgan fingerprint density at radius 3 is 2.44 bits per heavy atom. The number of nitrogens with zero attached hydrogens (tertiary/aromatic N) is 2. The number of ether oxygens (including phenoxy) is 1. The van der Waals surface area contributed by atoms with Gasteiger partial charge in [0.25, 0.3) is 0 Å². The minimum Gasteiger partial charge on any atom is -0.444 e. The molecule has 0 aromatic heterocycles. The highest BCUT2D eigenvalue weighted by Crippen LogP contribution is 2.25. The van der Waals surface area contributed by atoms with Crippen molar-refractivity contribution in [3.05, 3.63) is 34.6 Å². The Labute approximate surface area is 165 Å². The molecule has 0 unspecified atom stereocenters. The number of carbonyl (C=O) groups excluding carboxylic acids is 1. The van der Waals surface area contributed by atoms with Gasteiger partial charge in [-0.25, -0.2) is 21.9 Å². The molecule has 0 saturated carbocycles. The molecule has 0 spiro atoms. The minimum atomic E-state index is -3.71. The second-order valence-corrected chi connectivity index (χ2v) is 10.1. The van der Waals surface area contributed by atoms with Crippen molar-refractivity contribution in [1.82, 2.24) is 9.21 Å². The maximum absolute atomic E-state index is 13.9. The standard InChI is InChI=1S/C18H26ClFN2O4S/c1-18(2,3)26-17(23)21(4)13-8-10-22(11-9-13)27(24,25)12-14-15(19)6-5-7-16(14)20/h5-7,13H,8-12H2,1-4H3. The van der Waals surface area contributed by atoms with Gasteiger partial charge in [-0.1, -0.05) is 17.7 Å². The van der Waals surface area contributed by atoms with Crippen LogP contribution >= 0.6 is 11.6 Å². The molecule has 1 aromatic carbocycles. The lowest BCUT2D eigenvalue weighted by Crippen LogP contribution is -2.48. The van der Waals surface area contributed by atoms with E-state index in [1.807, 2.05) is 0 Å². The Morgan fingerprint density at radius 1 is 1.33 bits per heavy atom. The van der Waals surface area contributed by atoms with Crippen molar-refractivity contribution in [2.45, 2.75) is 51.0 Å². The van der Waals surface area contributed by atoms with Crippen LogP contribution in [0.2, 0.25) is 5.02 Å². The van der Waals surface area contributed by atoms with Crippen molar-refractivity contribution in [2.24, 2.45) is 0 Å². The van der Waals surface area contributed by atoms with E-state index < -0.39 is 33.3 Å². The Balaban J connectivity index is 1.99. The van der Waals surface area contributed by atoms with Crippen LogP contribution in [-0.4, -0.2) is 55.5 Å². The summed E-state index contributed by atoms with van der Waals surface area (Å²) < 4.78 is 45.9. The van der Waals surface area contributed by atoms with Gasteiger partial charge in [0.15, 0.2) is 0 Å². The smallest absolute Gasteiger partial charge is 0.410 e. The highest BCUT2D eigenvalue weighted by Gasteiger charge is 2.33. The lowest BCUT2D eigenvalue weighted by Gasteiger charge is -2.36. The van der Waals surface area contributed by atoms with Crippen molar-refractivity contribution in [2.75, 3.05) is 20.1 Å². The summed E-state index contributed by atoms with van der Waals surface area (Å²) in [5.41, 5.74) is -0.610. The number of hydrogen-bond acceptors (Lipinski definition) is 4. The largest absolute Gasteiger partial charge is 0.444 e. The quantitative estimate of drug-likeness (QED) is 0.745. The Hall–Kier alpha value is -1.38. The minimum absolute atomic E-state index is 0.0211. The van der Waals surface area contributed by atoms with Gasteiger partial charge in [0.05, 0.1) is 5.75 Å². The summed E-state index contributed by atoms with van der Waals surface area (Å²) in [6.45, 7) is 5.89. The van der Waals surface area contributed by atoms with Crippen LogP contribution in [0.25, 0.3) is 0 Å². The molecule has 1 aliphatic heterocycles. The number of amides is 1. The van der Waals surface area contributed by atoms with E-state index >= 15 is 0 Å². The number of piperidine rings is 1. The van der Waals surface area contributed by atoms with Gasteiger partial charge >= 0.3 is 6.09 Å². The van der Waals surface area contributed by atoms with E-state index in [1.54, 1.807) is 27.8 Å². The van der Waals surface area contributed by atoms with Gasteiger partial charge < -0.3 is 9.64 Å². The summed E-state index contributed by atoms with van der Waals surface area (Å²) >= 11 is 5.95. The van der Waals surface area contributed by atoms with E-state index in [-0.39, 0.29) is 29.7 Å². The highest BCUT2D eigenvalue weighted by molar-refractivity contribution is 7.88. The molecule has 27 heavy (non-hydrogen) atoms.